The molecule has 0 bridgehead atoms. The first-order valence-electron chi connectivity index (χ1n) is 7.51. The molecular weight excluding hydrogens is 320 g/mol. The van der Waals surface area contributed by atoms with E-state index in [1.807, 2.05) is 0 Å². The van der Waals surface area contributed by atoms with E-state index >= 15 is 0 Å². The van der Waals surface area contributed by atoms with Crippen molar-refractivity contribution in [1.29, 1.82) is 0 Å². The standard InChI is InChI=1S/C15H21ClN4O3/c16-12-1-3-13(4-2-12)19-15(22)18-11-14(21)17-5-6-20-7-9-23-10-8-20/h1-4H,5-11H2,(H,17,21)(H2,18,19,22). The molecule has 0 spiro atoms. The van der Waals surface area contributed by atoms with Crippen LogP contribution in [0.5, 0.6) is 0 Å². The van der Waals surface area contributed by atoms with Crippen LogP contribution in [0, 0.1) is 0 Å². The van der Waals surface area contributed by atoms with Crippen LogP contribution in [0.1, 0.15) is 0 Å². The van der Waals surface area contributed by atoms with E-state index < -0.39 is 6.03 Å². The highest BCUT2D eigenvalue weighted by Crippen LogP contribution is 2.12. The minimum Gasteiger partial charge on any atom is -0.379 e. The van der Waals surface area contributed by atoms with Gasteiger partial charge in [-0.15, -0.1) is 0 Å². The van der Waals surface area contributed by atoms with Crippen LogP contribution in [-0.2, 0) is 9.53 Å². The van der Waals surface area contributed by atoms with Gasteiger partial charge in [0.1, 0.15) is 0 Å². The fourth-order valence-electron chi connectivity index (χ4n) is 2.11. The Labute approximate surface area is 140 Å². The number of rotatable bonds is 6. The molecular formula is C15H21ClN4O3. The van der Waals surface area contributed by atoms with Crippen LogP contribution in [0.15, 0.2) is 24.3 Å². The Morgan fingerprint density at radius 2 is 1.83 bits per heavy atom. The Bertz CT molecular complexity index is 518. The molecule has 0 aromatic heterocycles. The van der Waals surface area contributed by atoms with E-state index in [1.54, 1.807) is 24.3 Å². The smallest absolute Gasteiger partial charge is 0.319 e. The zero-order valence-corrected chi connectivity index (χ0v) is 13.6. The lowest BCUT2D eigenvalue weighted by atomic mass is 10.3. The molecule has 23 heavy (non-hydrogen) atoms. The maximum absolute atomic E-state index is 11.7. The predicted octanol–water partition coefficient (Wildman–Crippen LogP) is 0.910. The van der Waals surface area contributed by atoms with Gasteiger partial charge in [-0.1, -0.05) is 11.6 Å². The van der Waals surface area contributed by atoms with E-state index in [4.69, 9.17) is 16.3 Å². The van der Waals surface area contributed by atoms with Gasteiger partial charge in [0.05, 0.1) is 19.8 Å². The van der Waals surface area contributed by atoms with Crippen molar-refractivity contribution in [3.05, 3.63) is 29.3 Å². The quantitative estimate of drug-likeness (QED) is 0.719. The number of carbonyl (C=O) groups is 2. The number of anilines is 1. The van der Waals surface area contributed by atoms with Gasteiger partial charge in [-0.25, -0.2) is 4.79 Å². The lowest BCUT2D eigenvalue weighted by Crippen LogP contribution is -2.44. The Morgan fingerprint density at radius 1 is 1.13 bits per heavy atom. The molecule has 0 aliphatic carbocycles. The molecule has 7 nitrogen and oxygen atoms in total. The van der Waals surface area contributed by atoms with Crippen LogP contribution in [0.2, 0.25) is 5.02 Å². The van der Waals surface area contributed by atoms with Gasteiger partial charge in [0.25, 0.3) is 0 Å². The number of nitrogens with zero attached hydrogens (tertiary/aromatic N) is 1. The summed E-state index contributed by atoms with van der Waals surface area (Å²) in [6, 6.07) is 6.29. The summed E-state index contributed by atoms with van der Waals surface area (Å²) in [5.74, 6) is -0.218. The number of hydrogen-bond acceptors (Lipinski definition) is 4. The predicted molar refractivity (Wildman–Crippen MR) is 88.7 cm³/mol. The lowest BCUT2D eigenvalue weighted by Gasteiger charge is -2.26. The van der Waals surface area contributed by atoms with E-state index in [2.05, 4.69) is 20.9 Å². The first kappa shape index (κ1) is 17.5. The van der Waals surface area contributed by atoms with Gasteiger partial charge < -0.3 is 20.7 Å². The first-order chi connectivity index (χ1) is 11.1. The summed E-state index contributed by atoms with van der Waals surface area (Å²) < 4.78 is 5.26. The SMILES string of the molecule is O=C(CNC(=O)Nc1ccc(Cl)cc1)NCCN1CCOCC1. The summed E-state index contributed by atoms with van der Waals surface area (Å²) in [6.07, 6.45) is 0. The fourth-order valence-corrected chi connectivity index (χ4v) is 2.24. The second kappa shape index (κ2) is 9.34. The number of halogens is 1. The minimum absolute atomic E-state index is 0.0669. The minimum atomic E-state index is -0.435. The van der Waals surface area contributed by atoms with Crippen molar-refractivity contribution in [3.8, 4) is 0 Å². The molecule has 0 atom stereocenters. The zero-order chi connectivity index (χ0) is 16.5. The van der Waals surface area contributed by atoms with Gasteiger partial charge in [0.15, 0.2) is 0 Å². The third-order valence-corrected chi connectivity index (χ3v) is 3.62. The van der Waals surface area contributed by atoms with Crippen molar-refractivity contribution in [2.75, 3.05) is 51.3 Å². The molecule has 3 N–H and O–H groups in total. The molecule has 8 heteroatoms. The van der Waals surface area contributed by atoms with Crippen molar-refractivity contribution < 1.29 is 14.3 Å². The molecule has 1 aliphatic rings. The van der Waals surface area contributed by atoms with E-state index in [-0.39, 0.29) is 12.5 Å². The Morgan fingerprint density at radius 3 is 2.52 bits per heavy atom. The van der Waals surface area contributed by atoms with Crippen molar-refractivity contribution >= 4 is 29.2 Å². The number of benzene rings is 1. The average molecular weight is 341 g/mol. The van der Waals surface area contributed by atoms with Gasteiger partial charge in [-0.05, 0) is 24.3 Å². The molecule has 1 fully saturated rings. The monoisotopic (exact) mass is 340 g/mol. The van der Waals surface area contributed by atoms with E-state index in [1.165, 1.54) is 0 Å². The number of urea groups is 1. The van der Waals surface area contributed by atoms with Crippen LogP contribution in [0.3, 0.4) is 0 Å². The van der Waals surface area contributed by atoms with E-state index in [0.29, 0.717) is 17.3 Å². The number of carbonyl (C=O) groups excluding carboxylic acids is 2. The highest BCUT2D eigenvalue weighted by atomic mass is 35.5. The molecule has 1 aliphatic heterocycles. The summed E-state index contributed by atoms with van der Waals surface area (Å²) in [4.78, 5) is 25.6. The molecule has 1 heterocycles. The molecule has 1 aromatic carbocycles. The van der Waals surface area contributed by atoms with Crippen molar-refractivity contribution in [3.63, 3.8) is 0 Å². The third kappa shape index (κ3) is 6.85. The van der Waals surface area contributed by atoms with Crippen molar-refractivity contribution in [1.82, 2.24) is 15.5 Å². The van der Waals surface area contributed by atoms with E-state index in [0.717, 1.165) is 32.8 Å². The number of nitrogens with one attached hydrogen (secondary N) is 3. The maximum Gasteiger partial charge on any atom is 0.319 e. The molecule has 1 saturated heterocycles. The average Bonchev–Trinajstić information content (AvgIpc) is 2.56. The molecule has 1 aromatic rings. The number of ether oxygens (including phenoxy) is 1. The summed E-state index contributed by atoms with van der Waals surface area (Å²) in [6.45, 7) is 4.52. The number of hydrogen-bond donors (Lipinski definition) is 3. The molecule has 0 radical (unpaired) electrons. The second-order valence-electron chi connectivity index (χ2n) is 5.12. The summed E-state index contributed by atoms with van der Waals surface area (Å²) in [7, 11) is 0. The van der Waals surface area contributed by atoms with Crippen LogP contribution in [0.25, 0.3) is 0 Å². The largest absolute Gasteiger partial charge is 0.379 e. The lowest BCUT2D eigenvalue weighted by molar-refractivity contribution is -0.120. The van der Waals surface area contributed by atoms with Crippen LogP contribution >= 0.6 is 11.6 Å². The molecule has 3 amide bonds. The molecule has 0 saturated carbocycles. The second-order valence-corrected chi connectivity index (χ2v) is 5.55. The van der Waals surface area contributed by atoms with Gasteiger partial charge >= 0.3 is 6.03 Å². The fraction of sp³-hybridized carbons (Fsp3) is 0.467. The maximum atomic E-state index is 11.7. The normalized spacial score (nSPS) is 15.0. The van der Waals surface area contributed by atoms with Crippen molar-refractivity contribution in [2.45, 2.75) is 0 Å². The van der Waals surface area contributed by atoms with Crippen LogP contribution in [0.4, 0.5) is 10.5 Å². The van der Waals surface area contributed by atoms with E-state index in [9.17, 15) is 9.59 Å². The van der Waals surface area contributed by atoms with Crippen molar-refractivity contribution in [2.24, 2.45) is 0 Å². The summed E-state index contributed by atoms with van der Waals surface area (Å²) in [5.41, 5.74) is 0.611. The third-order valence-electron chi connectivity index (χ3n) is 3.37. The Balaban J connectivity index is 1.58. The Kier molecular flexibility index (Phi) is 7.12. The summed E-state index contributed by atoms with van der Waals surface area (Å²) >= 11 is 5.76. The Hall–Kier alpha value is -1.83. The van der Waals surface area contributed by atoms with Gasteiger partial charge in [-0.3, -0.25) is 9.69 Å². The molecule has 0 unspecified atom stereocenters. The van der Waals surface area contributed by atoms with Crippen LogP contribution in [-0.4, -0.2) is 62.8 Å². The first-order valence-corrected chi connectivity index (χ1v) is 7.88. The number of morpholine rings is 1. The zero-order valence-electron chi connectivity index (χ0n) is 12.8. The highest BCUT2D eigenvalue weighted by Gasteiger charge is 2.10. The topological polar surface area (TPSA) is 82.7 Å². The van der Waals surface area contributed by atoms with Gasteiger partial charge in [-0.2, -0.15) is 0 Å². The molecule has 126 valence electrons. The number of amides is 3. The highest BCUT2D eigenvalue weighted by molar-refractivity contribution is 6.30. The van der Waals surface area contributed by atoms with Crippen LogP contribution < -0.4 is 16.0 Å². The summed E-state index contributed by atoms with van der Waals surface area (Å²) in [5, 5.41) is 8.50. The molecule has 2 rings (SSSR count). The van der Waals surface area contributed by atoms with Gasteiger partial charge in [0.2, 0.25) is 5.91 Å². The van der Waals surface area contributed by atoms with Gasteiger partial charge in [0, 0.05) is 36.9 Å².